The number of halogens is 2. The first kappa shape index (κ1) is 18.0. The molecule has 0 radical (unpaired) electrons. The quantitative estimate of drug-likeness (QED) is 0.400. The Morgan fingerprint density at radius 2 is 1.90 bits per heavy atom. The van der Waals surface area contributed by atoms with Gasteiger partial charge in [-0.15, -0.1) is 24.0 Å². The van der Waals surface area contributed by atoms with E-state index in [4.69, 9.17) is 5.73 Å². The first-order valence-electron chi connectivity index (χ1n) is 6.43. The van der Waals surface area contributed by atoms with Gasteiger partial charge < -0.3 is 11.1 Å². The minimum absolute atomic E-state index is 0. The molecule has 0 aliphatic heterocycles. The van der Waals surface area contributed by atoms with Gasteiger partial charge in [-0.1, -0.05) is 34.1 Å². The maximum absolute atomic E-state index is 5.91. The Morgan fingerprint density at radius 1 is 1.14 bits per heavy atom. The standard InChI is InChI=1S/C16H18BrN3.HI/c1-11-6-7-15(8-12(11)2)20-16(18)19-10-13-4-3-5-14(17)9-13;/h3-9H,10H2,1-2H3,(H3,18,19,20);1H. The molecule has 2 aromatic carbocycles. The number of hydrogen-bond acceptors (Lipinski definition) is 1. The van der Waals surface area contributed by atoms with Crippen LogP contribution in [0.4, 0.5) is 5.69 Å². The smallest absolute Gasteiger partial charge is 0.193 e. The van der Waals surface area contributed by atoms with Crippen molar-refractivity contribution in [3.63, 3.8) is 0 Å². The molecule has 0 unspecified atom stereocenters. The summed E-state index contributed by atoms with van der Waals surface area (Å²) >= 11 is 3.44. The number of anilines is 1. The van der Waals surface area contributed by atoms with Crippen LogP contribution in [0.15, 0.2) is 51.9 Å². The minimum Gasteiger partial charge on any atom is -0.370 e. The van der Waals surface area contributed by atoms with Gasteiger partial charge in [0.05, 0.1) is 6.54 Å². The Morgan fingerprint density at radius 3 is 2.57 bits per heavy atom. The average molecular weight is 460 g/mol. The highest BCUT2D eigenvalue weighted by molar-refractivity contribution is 14.0. The lowest BCUT2D eigenvalue weighted by Crippen LogP contribution is -2.22. The molecule has 21 heavy (non-hydrogen) atoms. The van der Waals surface area contributed by atoms with E-state index in [1.54, 1.807) is 0 Å². The second kappa shape index (κ2) is 8.38. The molecule has 0 atom stereocenters. The molecule has 0 amide bonds. The van der Waals surface area contributed by atoms with E-state index in [0.29, 0.717) is 12.5 Å². The van der Waals surface area contributed by atoms with Gasteiger partial charge in [0, 0.05) is 10.2 Å². The summed E-state index contributed by atoms with van der Waals surface area (Å²) in [4.78, 5) is 4.35. The molecule has 5 heteroatoms. The normalized spacial score (nSPS) is 10.9. The highest BCUT2D eigenvalue weighted by Gasteiger charge is 1.98. The second-order valence-corrected chi connectivity index (χ2v) is 5.67. The Balaban J connectivity index is 0.00000220. The SMILES string of the molecule is Cc1ccc(NC(N)=NCc2cccc(Br)c2)cc1C.I. The van der Waals surface area contributed by atoms with Crippen molar-refractivity contribution in [2.75, 3.05) is 5.32 Å². The van der Waals surface area contributed by atoms with Crippen LogP contribution in [0.5, 0.6) is 0 Å². The maximum atomic E-state index is 5.91. The van der Waals surface area contributed by atoms with Crippen LogP contribution in [0, 0.1) is 13.8 Å². The topological polar surface area (TPSA) is 50.4 Å². The van der Waals surface area contributed by atoms with Gasteiger partial charge in [-0.2, -0.15) is 0 Å². The zero-order valence-electron chi connectivity index (χ0n) is 12.1. The van der Waals surface area contributed by atoms with Crippen LogP contribution in [0.1, 0.15) is 16.7 Å². The lowest BCUT2D eigenvalue weighted by Gasteiger charge is -2.08. The molecule has 0 saturated heterocycles. The molecule has 0 heterocycles. The van der Waals surface area contributed by atoms with Gasteiger partial charge in [-0.25, -0.2) is 4.99 Å². The van der Waals surface area contributed by atoms with Crippen LogP contribution in [0.3, 0.4) is 0 Å². The van der Waals surface area contributed by atoms with Crippen molar-refractivity contribution in [1.29, 1.82) is 0 Å². The Bertz CT molecular complexity index is 641. The number of guanidine groups is 1. The summed E-state index contributed by atoms with van der Waals surface area (Å²) in [5.41, 5.74) is 10.5. The highest BCUT2D eigenvalue weighted by atomic mass is 127. The molecule has 2 rings (SSSR count). The van der Waals surface area contributed by atoms with E-state index < -0.39 is 0 Å². The van der Waals surface area contributed by atoms with Crippen molar-refractivity contribution in [3.05, 3.63) is 63.6 Å². The number of nitrogens with two attached hydrogens (primary N) is 1. The number of aliphatic imine (C=N–C) groups is 1. The van der Waals surface area contributed by atoms with Crippen LogP contribution in [0.25, 0.3) is 0 Å². The third kappa shape index (κ3) is 5.67. The highest BCUT2D eigenvalue weighted by Crippen LogP contribution is 2.14. The van der Waals surface area contributed by atoms with E-state index in [2.05, 4.69) is 52.2 Å². The molecule has 0 aliphatic rings. The van der Waals surface area contributed by atoms with E-state index in [1.165, 1.54) is 11.1 Å². The van der Waals surface area contributed by atoms with Crippen LogP contribution in [-0.2, 0) is 6.54 Å². The van der Waals surface area contributed by atoms with Crippen molar-refractivity contribution in [1.82, 2.24) is 0 Å². The van der Waals surface area contributed by atoms with Crippen LogP contribution in [0.2, 0.25) is 0 Å². The molecule has 0 fully saturated rings. The fourth-order valence-corrected chi connectivity index (χ4v) is 2.27. The van der Waals surface area contributed by atoms with Gasteiger partial charge in [0.25, 0.3) is 0 Å². The summed E-state index contributed by atoms with van der Waals surface area (Å²) in [6.45, 7) is 4.72. The molecule has 2 aromatic rings. The summed E-state index contributed by atoms with van der Waals surface area (Å²) in [6, 6.07) is 14.2. The van der Waals surface area contributed by atoms with Crippen molar-refractivity contribution in [2.45, 2.75) is 20.4 Å². The van der Waals surface area contributed by atoms with E-state index in [-0.39, 0.29) is 24.0 Å². The molecule has 0 bridgehead atoms. The Kier molecular flexibility index (Phi) is 7.17. The number of nitrogens with zero attached hydrogens (tertiary/aromatic N) is 1. The molecule has 3 nitrogen and oxygen atoms in total. The van der Waals surface area contributed by atoms with E-state index in [1.807, 2.05) is 30.3 Å². The lowest BCUT2D eigenvalue weighted by atomic mass is 10.1. The maximum Gasteiger partial charge on any atom is 0.193 e. The fraction of sp³-hybridized carbons (Fsp3) is 0.188. The van der Waals surface area contributed by atoms with Crippen LogP contribution >= 0.6 is 39.9 Å². The zero-order chi connectivity index (χ0) is 14.5. The third-order valence-corrected chi connectivity index (χ3v) is 3.59. The predicted molar refractivity (Wildman–Crippen MR) is 104 cm³/mol. The van der Waals surface area contributed by atoms with Crippen molar-refractivity contribution in [3.8, 4) is 0 Å². The molecule has 0 saturated carbocycles. The largest absolute Gasteiger partial charge is 0.370 e. The number of benzene rings is 2. The summed E-state index contributed by atoms with van der Waals surface area (Å²) in [6.07, 6.45) is 0. The molecular formula is C16H19BrIN3. The Labute approximate surface area is 151 Å². The molecular weight excluding hydrogens is 441 g/mol. The van der Waals surface area contributed by atoms with Crippen LogP contribution < -0.4 is 11.1 Å². The summed E-state index contributed by atoms with van der Waals surface area (Å²) < 4.78 is 1.05. The minimum atomic E-state index is 0. The zero-order valence-corrected chi connectivity index (χ0v) is 16.0. The predicted octanol–water partition coefficient (Wildman–Crippen LogP) is 4.61. The summed E-state index contributed by atoms with van der Waals surface area (Å²) in [5.74, 6) is 0.424. The molecule has 0 aliphatic carbocycles. The molecule has 112 valence electrons. The number of rotatable bonds is 3. The van der Waals surface area contributed by atoms with Crippen LogP contribution in [-0.4, -0.2) is 5.96 Å². The van der Waals surface area contributed by atoms with Gasteiger partial charge in [0.1, 0.15) is 0 Å². The lowest BCUT2D eigenvalue weighted by molar-refractivity contribution is 1.06. The van der Waals surface area contributed by atoms with Crippen molar-refractivity contribution in [2.24, 2.45) is 10.7 Å². The molecule has 0 spiro atoms. The van der Waals surface area contributed by atoms with Gasteiger partial charge >= 0.3 is 0 Å². The molecule has 0 aromatic heterocycles. The average Bonchev–Trinajstić information content (AvgIpc) is 2.41. The van der Waals surface area contributed by atoms with Crippen molar-refractivity contribution >= 4 is 51.6 Å². The van der Waals surface area contributed by atoms with Crippen molar-refractivity contribution < 1.29 is 0 Å². The second-order valence-electron chi connectivity index (χ2n) is 4.76. The van der Waals surface area contributed by atoms with E-state index >= 15 is 0 Å². The number of aryl methyl sites for hydroxylation is 2. The van der Waals surface area contributed by atoms with Gasteiger partial charge in [0.2, 0.25) is 0 Å². The first-order chi connectivity index (χ1) is 9.54. The Hall–Kier alpha value is -1.08. The van der Waals surface area contributed by atoms with Gasteiger partial charge in [-0.3, -0.25) is 0 Å². The number of nitrogens with one attached hydrogen (secondary N) is 1. The van der Waals surface area contributed by atoms with E-state index in [0.717, 1.165) is 15.7 Å². The monoisotopic (exact) mass is 459 g/mol. The van der Waals surface area contributed by atoms with E-state index in [9.17, 15) is 0 Å². The van der Waals surface area contributed by atoms with Gasteiger partial charge in [0.15, 0.2) is 5.96 Å². The molecule has 3 N–H and O–H groups in total. The summed E-state index contributed by atoms with van der Waals surface area (Å²) in [7, 11) is 0. The number of hydrogen-bond donors (Lipinski definition) is 2. The summed E-state index contributed by atoms with van der Waals surface area (Å²) in [5, 5.41) is 3.11. The fourth-order valence-electron chi connectivity index (χ4n) is 1.82. The first-order valence-corrected chi connectivity index (χ1v) is 7.22. The van der Waals surface area contributed by atoms with Gasteiger partial charge in [-0.05, 0) is 54.8 Å². The third-order valence-electron chi connectivity index (χ3n) is 3.10.